The molecule has 3 rings (SSSR count). The summed E-state index contributed by atoms with van der Waals surface area (Å²) in [6.45, 7) is 1.07. The van der Waals surface area contributed by atoms with E-state index < -0.39 is 0 Å². The summed E-state index contributed by atoms with van der Waals surface area (Å²) in [7, 11) is 0. The van der Waals surface area contributed by atoms with Crippen LogP contribution in [0.5, 0.6) is 5.75 Å². The Morgan fingerprint density at radius 3 is 3.00 bits per heavy atom. The Labute approximate surface area is 119 Å². The van der Waals surface area contributed by atoms with Crippen LogP contribution in [0.15, 0.2) is 30.3 Å². The molecule has 2 aliphatic rings. The summed E-state index contributed by atoms with van der Waals surface area (Å²) in [6, 6.07) is 9.98. The SMILES string of the molecule is O=C(COc1ccccc1)NC1CCCC2CNNC21. The summed E-state index contributed by atoms with van der Waals surface area (Å²) in [4.78, 5) is 12.0. The minimum absolute atomic E-state index is 0.0480. The molecule has 5 nitrogen and oxygen atoms in total. The lowest BCUT2D eigenvalue weighted by atomic mass is 9.82. The van der Waals surface area contributed by atoms with Crippen LogP contribution in [0.3, 0.4) is 0 Å². The molecule has 1 saturated heterocycles. The van der Waals surface area contributed by atoms with Gasteiger partial charge in [0.2, 0.25) is 0 Å². The van der Waals surface area contributed by atoms with Crippen LogP contribution in [0, 0.1) is 5.92 Å². The second-order valence-electron chi connectivity index (χ2n) is 5.52. The summed E-state index contributed by atoms with van der Waals surface area (Å²) in [6.07, 6.45) is 3.44. The fraction of sp³-hybridized carbons (Fsp3) is 0.533. The van der Waals surface area contributed by atoms with Crippen molar-refractivity contribution in [1.82, 2.24) is 16.2 Å². The van der Waals surface area contributed by atoms with Gasteiger partial charge in [-0.05, 0) is 30.9 Å². The molecular weight excluding hydrogens is 254 g/mol. The predicted molar refractivity (Wildman–Crippen MR) is 76.1 cm³/mol. The molecule has 3 atom stereocenters. The molecule has 1 heterocycles. The van der Waals surface area contributed by atoms with E-state index in [4.69, 9.17) is 4.74 Å². The van der Waals surface area contributed by atoms with Crippen molar-refractivity contribution in [2.24, 2.45) is 5.92 Å². The maximum absolute atomic E-state index is 12.0. The average Bonchev–Trinajstić information content (AvgIpc) is 2.96. The molecule has 1 aliphatic heterocycles. The number of fused-ring (bicyclic) bond motifs is 1. The van der Waals surface area contributed by atoms with Crippen LogP contribution < -0.4 is 20.9 Å². The van der Waals surface area contributed by atoms with Crippen molar-refractivity contribution < 1.29 is 9.53 Å². The van der Waals surface area contributed by atoms with Crippen molar-refractivity contribution >= 4 is 5.91 Å². The molecule has 1 amide bonds. The Morgan fingerprint density at radius 1 is 1.30 bits per heavy atom. The second-order valence-corrected chi connectivity index (χ2v) is 5.52. The smallest absolute Gasteiger partial charge is 0.258 e. The van der Waals surface area contributed by atoms with Crippen LogP contribution in [0.2, 0.25) is 0 Å². The van der Waals surface area contributed by atoms with Crippen LogP contribution in [-0.4, -0.2) is 31.1 Å². The maximum atomic E-state index is 12.0. The standard InChI is InChI=1S/C15H21N3O2/c19-14(10-20-12-6-2-1-3-7-12)17-13-8-4-5-11-9-16-18-15(11)13/h1-3,6-7,11,13,15-16,18H,4-5,8-10H2,(H,17,19). The minimum Gasteiger partial charge on any atom is -0.484 e. The van der Waals surface area contributed by atoms with E-state index in [1.54, 1.807) is 0 Å². The third-order valence-electron chi connectivity index (χ3n) is 4.12. The fourth-order valence-corrected chi connectivity index (χ4v) is 3.12. The summed E-state index contributed by atoms with van der Waals surface area (Å²) in [5, 5.41) is 3.09. The third-order valence-corrected chi connectivity index (χ3v) is 4.12. The molecule has 1 aromatic carbocycles. The number of hydrazine groups is 1. The first kappa shape index (κ1) is 13.4. The van der Waals surface area contributed by atoms with Gasteiger partial charge in [-0.25, -0.2) is 0 Å². The van der Waals surface area contributed by atoms with E-state index in [2.05, 4.69) is 16.2 Å². The van der Waals surface area contributed by atoms with Gasteiger partial charge in [-0.1, -0.05) is 24.6 Å². The number of hydrogen-bond donors (Lipinski definition) is 3. The van der Waals surface area contributed by atoms with Gasteiger partial charge in [0.15, 0.2) is 6.61 Å². The quantitative estimate of drug-likeness (QED) is 0.761. The van der Waals surface area contributed by atoms with Gasteiger partial charge in [0, 0.05) is 18.6 Å². The fourth-order valence-electron chi connectivity index (χ4n) is 3.12. The number of ether oxygens (including phenoxy) is 1. The van der Waals surface area contributed by atoms with Crippen LogP contribution in [-0.2, 0) is 4.79 Å². The molecule has 0 aromatic heterocycles. The van der Waals surface area contributed by atoms with Gasteiger partial charge in [0.05, 0.1) is 0 Å². The van der Waals surface area contributed by atoms with Crippen molar-refractivity contribution in [2.75, 3.05) is 13.2 Å². The molecule has 0 bridgehead atoms. The Hall–Kier alpha value is -1.59. The highest BCUT2D eigenvalue weighted by molar-refractivity contribution is 5.78. The number of carbonyl (C=O) groups excluding carboxylic acids is 1. The number of nitrogens with one attached hydrogen (secondary N) is 3. The maximum Gasteiger partial charge on any atom is 0.258 e. The van der Waals surface area contributed by atoms with Gasteiger partial charge in [-0.3, -0.25) is 15.6 Å². The van der Waals surface area contributed by atoms with Crippen LogP contribution >= 0.6 is 0 Å². The van der Waals surface area contributed by atoms with Crippen LogP contribution in [0.1, 0.15) is 19.3 Å². The zero-order valence-corrected chi connectivity index (χ0v) is 11.5. The number of rotatable bonds is 4. The average molecular weight is 275 g/mol. The Bertz CT molecular complexity index is 452. The summed E-state index contributed by atoms with van der Waals surface area (Å²) in [5.41, 5.74) is 6.48. The van der Waals surface area contributed by atoms with E-state index in [1.165, 1.54) is 12.8 Å². The molecule has 2 fully saturated rings. The molecule has 1 aromatic rings. The number of hydrogen-bond acceptors (Lipinski definition) is 4. The lowest BCUT2D eigenvalue weighted by Gasteiger charge is -2.33. The van der Waals surface area contributed by atoms with E-state index in [0.717, 1.165) is 18.7 Å². The molecule has 20 heavy (non-hydrogen) atoms. The van der Waals surface area contributed by atoms with Gasteiger partial charge in [0.1, 0.15) is 5.75 Å². The molecule has 3 N–H and O–H groups in total. The first-order valence-electron chi connectivity index (χ1n) is 7.28. The molecular formula is C15H21N3O2. The lowest BCUT2D eigenvalue weighted by Crippen LogP contribution is -2.53. The van der Waals surface area contributed by atoms with Gasteiger partial charge < -0.3 is 10.1 Å². The van der Waals surface area contributed by atoms with Crippen molar-refractivity contribution in [3.8, 4) is 5.75 Å². The lowest BCUT2D eigenvalue weighted by molar-refractivity contribution is -0.124. The number of benzene rings is 1. The molecule has 3 unspecified atom stereocenters. The third kappa shape index (κ3) is 3.11. The molecule has 108 valence electrons. The molecule has 0 radical (unpaired) electrons. The van der Waals surface area contributed by atoms with E-state index in [-0.39, 0.29) is 18.6 Å². The molecule has 5 heteroatoms. The molecule has 1 aliphatic carbocycles. The first-order chi connectivity index (χ1) is 9.83. The van der Waals surface area contributed by atoms with Gasteiger partial charge in [0.25, 0.3) is 5.91 Å². The van der Waals surface area contributed by atoms with E-state index in [1.807, 2.05) is 30.3 Å². The minimum atomic E-state index is -0.0480. The van der Waals surface area contributed by atoms with Gasteiger partial charge >= 0.3 is 0 Å². The second kappa shape index (κ2) is 6.24. The van der Waals surface area contributed by atoms with Crippen molar-refractivity contribution in [3.05, 3.63) is 30.3 Å². The normalized spacial score (nSPS) is 28.7. The van der Waals surface area contributed by atoms with Crippen molar-refractivity contribution in [2.45, 2.75) is 31.3 Å². The number of para-hydroxylation sites is 1. The van der Waals surface area contributed by atoms with E-state index in [9.17, 15) is 4.79 Å². The van der Waals surface area contributed by atoms with Gasteiger partial charge in [-0.2, -0.15) is 0 Å². The Kier molecular flexibility index (Phi) is 4.18. The first-order valence-corrected chi connectivity index (χ1v) is 7.28. The highest BCUT2D eigenvalue weighted by Crippen LogP contribution is 2.26. The molecule has 1 saturated carbocycles. The van der Waals surface area contributed by atoms with E-state index >= 15 is 0 Å². The Morgan fingerprint density at radius 2 is 2.15 bits per heavy atom. The number of amides is 1. The Balaban J connectivity index is 1.48. The topological polar surface area (TPSA) is 62.4 Å². The van der Waals surface area contributed by atoms with Crippen molar-refractivity contribution in [1.29, 1.82) is 0 Å². The highest BCUT2D eigenvalue weighted by atomic mass is 16.5. The largest absolute Gasteiger partial charge is 0.484 e. The monoisotopic (exact) mass is 275 g/mol. The highest BCUT2D eigenvalue weighted by Gasteiger charge is 2.37. The predicted octanol–water partition coefficient (Wildman–Crippen LogP) is 0.827. The zero-order chi connectivity index (χ0) is 13.8. The van der Waals surface area contributed by atoms with E-state index in [0.29, 0.717) is 12.0 Å². The zero-order valence-electron chi connectivity index (χ0n) is 11.5. The summed E-state index contributed by atoms with van der Waals surface area (Å²) < 4.78 is 5.47. The van der Waals surface area contributed by atoms with Crippen LogP contribution in [0.25, 0.3) is 0 Å². The van der Waals surface area contributed by atoms with Crippen molar-refractivity contribution in [3.63, 3.8) is 0 Å². The van der Waals surface area contributed by atoms with Crippen LogP contribution in [0.4, 0.5) is 0 Å². The summed E-state index contributed by atoms with van der Waals surface area (Å²) in [5.74, 6) is 1.31. The summed E-state index contributed by atoms with van der Waals surface area (Å²) >= 11 is 0. The number of carbonyl (C=O) groups is 1. The van der Waals surface area contributed by atoms with Gasteiger partial charge in [-0.15, -0.1) is 0 Å². The molecule has 0 spiro atoms.